The van der Waals surface area contributed by atoms with Gasteiger partial charge in [-0.25, -0.2) is 9.97 Å². The van der Waals surface area contributed by atoms with Crippen LogP contribution in [0.25, 0.3) is 0 Å². The summed E-state index contributed by atoms with van der Waals surface area (Å²) in [6.07, 6.45) is 3.57. The monoisotopic (exact) mass is 230 g/mol. The van der Waals surface area contributed by atoms with E-state index in [1.165, 1.54) is 0 Å². The predicted octanol–water partition coefficient (Wildman–Crippen LogP) is 1.25. The van der Waals surface area contributed by atoms with Gasteiger partial charge in [0.2, 0.25) is 5.78 Å². The Hall–Kier alpha value is -2.04. The van der Waals surface area contributed by atoms with Crippen molar-refractivity contribution in [1.82, 2.24) is 19.7 Å². The van der Waals surface area contributed by atoms with Gasteiger partial charge in [0.25, 0.3) is 0 Å². The lowest BCUT2D eigenvalue weighted by Crippen LogP contribution is -2.11. The maximum Gasteiger partial charge on any atom is 0.205 e. The molecule has 0 saturated carbocycles. The first-order valence-corrected chi connectivity index (χ1v) is 5.37. The van der Waals surface area contributed by atoms with Crippen molar-refractivity contribution in [3.63, 3.8) is 0 Å². The molecule has 0 saturated heterocycles. The minimum Gasteiger partial charge on any atom is -0.290 e. The van der Waals surface area contributed by atoms with Crippen molar-refractivity contribution in [1.29, 1.82) is 0 Å². The average molecular weight is 230 g/mol. The van der Waals surface area contributed by atoms with Crippen LogP contribution in [-0.4, -0.2) is 25.5 Å². The summed E-state index contributed by atoms with van der Waals surface area (Å²) in [5.41, 5.74) is 2.72. The van der Waals surface area contributed by atoms with Gasteiger partial charge in [-0.1, -0.05) is 0 Å². The lowest BCUT2D eigenvalue weighted by molar-refractivity contribution is 0.0980. The Balaban J connectivity index is 2.17. The lowest BCUT2D eigenvalue weighted by atomic mass is 10.2. The maximum atomic E-state index is 11.9. The number of aromatic nitrogens is 4. The largest absolute Gasteiger partial charge is 0.290 e. The van der Waals surface area contributed by atoms with Crippen molar-refractivity contribution in [3.8, 4) is 0 Å². The topological polar surface area (TPSA) is 60.7 Å². The van der Waals surface area contributed by atoms with Crippen molar-refractivity contribution < 1.29 is 4.79 Å². The molecule has 2 aromatic rings. The van der Waals surface area contributed by atoms with Gasteiger partial charge in [-0.05, 0) is 25.5 Å². The summed E-state index contributed by atoms with van der Waals surface area (Å²) in [5.74, 6) is 0.169. The summed E-state index contributed by atoms with van der Waals surface area (Å²) in [7, 11) is 1.83. The first-order valence-electron chi connectivity index (χ1n) is 5.37. The van der Waals surface area contributed by atoms with E-state index in [1.807, 2.05) is 27.0 Å². The van der Waals surface area contributed by atoms with E-state index in [1.54, 1.807) is 17.1 Å². The third-order valence-electron chi connectivity index (χ3n) is 2.47. The molecule has 0 aromatic carbocycles. The molecule has 5 heteroatoms. The van der Waals surface area contributed by atoms with Crippen LogP contribution in [0.1, 0.15) is 27.6 Å². The molecule has 0 bridgehead atoms. The third kappa shape index (κ3) is 2.55. The van der Waals surface area contributed by atoms with Crippen LogP contribution in [0.15, 0.2) is 18.5 Å². The highest BCUT2D eigenvalue weighted by atomic mass is 16.1. The molecule has 17 heavy (non-hydrogen) atoms. The molecule has 0 atom stereocenters. The molecule has 0 aliphatic carbocycles. The van der Waals surface area contributed by atoms with Crippen molar-refractivity contribution in [2.45, 2.75) is 20.3 Å². The van der Waals surface area contributed by atoms with Crippen LogP contribution in [0.3, 0.4) is 0 Å². The Morgan fingerprint density at radius 1 is 1.29 bits per heavy atom. The summed E-state index contributed by atoms with van der Waals surface area (Å²) in [5, 5.41) is 4.20. The third-order valence-corrected chi connectivity index (χ3v) is 2.47. The molecular weight excluding hydrogens is 216 g/mol. The second kappa shape index (κ2) is 4.45. The van der Waals surface area contributed by atoms with Gasteiger partial charge in [-0.15, -0.1) is 0 Å². The van der Waals surface area contributed by atoms with E-state index in [9.17, 15) is 4.79 Å². The van der Waals surface area contributed by atoms with Crippen molar-refractivity contribution in [2.75, 3.05) is 0 Å². The van der Waals surface area contributed by atoms with E-state index in [0.717, 1.165) is 17.0 Å². The zero-order valence-electron chi connectivity index (χ0n) is 10.1. The molecule has 5 nitrogen and oxygen atoms in total. The molecule has 0 aliphatic heterocycles. The quantitative estimate of drug-likeness (QED) is 0.744. The number of ketones is 1. The molecular formula is C12H14N4O. The molecule has 0 amide bonds. The number of rotatable bonds is 3. The second-order valence-corrected chi connectivity index (χ2v) is 4.08. The Morgan fingerprint density at radius 2 is 1.94 bits per heavy atom. The fraction of sp³-hybridized carbons (Fsp3) is 0.333. The molecule has 2 aromatic heterocycles. The van der Waals surface area contributed by atoms with E-state index >= 15 is 0 Å². The normalized spacial score (nSPS) is 10.5. The molecule has 0 aliphatic rings. The number of carbonyl (C=O) groups excluding carboxylic acids is 1. The first-order chi connectivity index (χ1) is 8.06. The van der Waals surface area contributed by atoms with Crippen molar-refractivity contribution >= 4 is 5.78 Å². The number of Topliss-reactive ketones (excluding diaryl/α,β-unsaturated/α-hetero) is 1. The Kier molecular flexibility index (Phi) is 2.99. The molecule has 88 valence electrons. The highest BCUT2D eigenvalue weighted by Crippen LogP contribution is 2.06. The van der Waals surface area contributed by atoms with Gasteiger partial charge >= 0.3 is 0 Å². The Morgan fingerprint density at radius 3 is 2.47 bits per heavy atom. The maximum absolute atomic E-state index is 11.9. The van der Waals surface area contributed by atoms with Crippen molar-refractivity contribution in [3.05, 3.63) is 41.2 Å². The SMILES string of the molecule is Cc1cnc(C(=O)Cc2cc(C)nn2C)nc1. The summed E-state index contributed by atoms with van der Waals surface area (Å²) < 4.78 is 1.71. The number of carbonyl (C=O) groups is 1. The van der Waals surface area contributed by atoms with Crippen LogP contribution in [-0.2, 0) is 13.5 Å². The van der Waals surface area contributed by atoms with E-state index in [2.05, 4.69) is 15.1 Å². The van der Waals surface area contributed by atoms with Gasteiger partial charge in [-0.3, -0.25) is 9.48 Å². The summed E-state index contributed by atoms with van der Waals surface area (Å²) in [6.45, 7) is 3.79. The molecule has 0 unspecified atom stereocenters. The smallest absolute Gasteiger partial charge is 0.205 e. The van der Waals surface area contributed by atoms with Crippen LogP contribution in [0.2, 0.25) is 0 Å². The predicted molar refractivity (Wildman–Crippen MR) is 62.7 cm³/mol. The summed E-state index contributed by atoms with van der Waals surface area (Å²) in [6, 6.07) is 1.89. The Bertz CT molecular complexity index is 542. The second-order valence-electron chi connectivity index (χ2n) is 4.08. The fourth-order valence-electron chi connectivity index (χ4n) is 1.61. The first kappa shape index (κ1) is 11.4. The zero-order valence-corrected chi connectivity index (χ0v) is 10.1. The van der Waals surface area contributed by atoms with Crippen molar-refractivity contribution in [2.24, 2.45) is 7.05 Å². The van der Waals surface area contributed by atoms with Gasteiger partial charge in [-0.2, -0.15) is 5.10 Å². The van der Waals surface area contributed by atoms with E-state index in [0.29, 0.717) is 0 Å². The van der Waals surface area contributed by atoms with Gasteiger partial charge in [0.05, 0.1) is 12.1 Å². The number of nitrogens with zero attached hydrogens (tertiary/aromatic N) is 4. The number of hydrogen-bond acceptors (Lipinski definition) is 4. The molecule has 0 radical (unpaired) electrons. The highest BCUT2D eigenvalue weighted by Gasteiger charge is 2.12. The fourth-order valence-corrected chi connectivity index (χ4v) is 1.61. The minimum absolute atomic E-state index is 0.0898. The standard InChI is InChI=1S/C12H14N4O/c1-8-6-13-12(14-7-8)11(17)5-10-4-9(2)15-16(10)3/h4,6-7H,5H2,1-3H3. The number of hydrogen-bond donors (Lipinski definition) is 0. The minimum atomic E-state index is -0.0898. The molecule has 0 fully saturated rings. The summed E-state index contributed by atoms with van der Waals surface area (Å²) in [4.78, 5) is 20.0. The number of aryl methyl sites for hydroxylation is 3. The lowest BCUT2D eigenvalue weighted by Gasteiger charge is -2.00. The van der Waals surface area contributed by atoms with Gasteiger partial charge in [0.15, 0.2) is 5.82 Å². The molecule has 0 spiro atoms. The van der Waals surface area contributed by atoms with Crippen LogP contribution in [0.5, 0.6) is 0 Å². The zero-order chi connectivity index (χ0) is 12.4. The molecule has 2 rings (SSSR count). The van der Waals surface area contributed by atoms with Crippen LogP contribution >= 0.6 is 0 Å². The van der Waals surface area contributed by atoms with Crippen LogP contribution < -0.4 is 0 Å². The van der Waals surface area contributed by atoms with Gasteiger partial charge in [0.1, 0.15) is 0 Å². The Labute approximate surface area is 99.5 Å². The highest BCUT2D eigenvalue weighted by molar-refractivity contribution is 5.93. The van der Waals surface area contributed by atoms with E-state index in [-0.39, 0.29) is 18.0 Å². The van der Waals surface area contributed by atoms with E-state index in [4.69, 9.17) is 0 Å². The van der Waals surface area contributed by atoms with Gasteiger partial charge < -0.3 is 0 Å². The van der Waals surface area contributed by atoms with Crippen LogP contribution in [0.4, 0.5) is 0 Å². The van der Waals surface area contributed by atoms with Gasteiger partial charge in [0, 0.05) is 25.1 Å². The average Bonchev–Trinajstić information content (AvgIpc) is 2.58. The van der Waals surface area contributed by atoms with E-state index < -0.39 is 0 Å². The molecule has 2 heterocycles. The summed E-state index contributed by atoms with van der Waals surface area (Å²) >= 11 is 0. The van der Waals surface area contributed by atoms with Crippen LogP contribution in [0, 0.1) is 13.8 Å². The molecule has 0 N–H and O–H groups in total.